The Labute approximate surface area is 107 Å². The van der Waals surface area contributed by atoms with Gasteiger partial charge in [-0.15, -0.1) is 0 Å². The van der Waals surface area contributed by atoms with Gasteiger partial charge < -0.3 is 16.0 Å². The average molecular weight is 248 g/mol. The molecule has 3 rings (SSSR count). The molecule has 2 aliphatic heterocycles. The molecule has 3 heterocycles. The highest BCUT2D eigenvalue weighted by atomic mass is 15.4. The number of nitrogens with two attached hydrogens (primary N) is 1. The van der Waals surface area contributed by atoms with E-state index in [-0.39, 0.29) is 5.96 Å². The second-order valence-electron chi connectivity index (χ2n) is 5.26. The van der Waals surface area contributed by atoms with Gasteiger partial charge >= 0.3 is 0 Å². The van der Waals surface area contributed by atoms with E-state index in [1.54, 1.807) is 4.68 Å². The van der Waals surface area contributed by atoms with E-state index in [0.29, 0.717) is 5.92 Å². The third-order valence-electron chi connectivity index (χ3n) is 4.02. The van der Waals surface area contributed by atoms with Crippen LogP contribution in [0.15, 0.2) is 0 Å². The number of aromatic nitrogens is 2. The number of nitrogens with one attached hydrogen (secondary N) is 2. The Bertz CT molecular complexity index is 469. The van der Waals surface area contributed by atoms with Gasteiger partial charge in [-0.25, -0.2) is 0 Å². The predicted octanol–water partition coefficient (Wildman–Crippen LogP) is 0.402. The van der Waals surface area contributed by atoms with Gasteiger partial charge in [0.1, 0.15) is 5.82 Å². The number of fused-ring (bicyclic) bond motifs is 1. The fraction of sp³-hybridized carbons (Fsp3) is 0.667. The number of likely N-dealkylation sites (tertiary alicyclic amines) is 1. The number of anilines is 1. The zero-order chi connectivity index (χ0) is 12.7. The van der Waals surface area contributed by atoms with Crippen LogP contribution in [-0.4, -0.2) is 47.3 Å². The molecule has 2 aliphatic rings. The summed E-state index contributed by atoms with van der Waals surface area (Å²) in [6, 6.07) is 0. The summed E-state index contributed by atoms with van der Waals surface area (Å²) in [6.45, 7) is 3.18. The molecule has 0 amide bonds. The van der Waals surface area contributed by atoms with E-state index in [1.165, 1.54) is 11.3 Å². The van der Waals surface area contributed by atoms with Gasteiger partial charge in [-0.1, -0.05) is 0 Å². The first-order valence-corrected chi connectivity index (χ1v) is 6.55. The van der Waals surface area contributed by atoms with Gasteiger partial charge in [0.25, 0.3) is 0 Å². The van der Waals surface area contributed by atoms with Crippen molar-refractivity contribution in [1.29, 1.82) is 5.41 Å². The van der Waals surface area contributed by atoms with Gasteiger partial charge in [0.2, 0.25) is 5.96 Å². The quantitative estimate of drug-likeness (QED) is 0.496. The largest absolute Gasteiger partial charge is 0.369 e. The normalized spacial score (nSPS) is 20.7. The lowest BCUT2D eigenvalue weighted by atomic mass is 9.91. The van der Waals surface area contributed by atoms with E-state index < -0.39 is 0 Å². The highest BCUT2D eigenvalue weighted by molar-refractivity contribution is 5.81. The molecule has 98 valence electrons. The zero-order valence-corrected chi connectivity index (χ0v) is 10.7. The summed E-state index contributed by atoms with van der Waals surface area (Å²) < 4.78 is 1.55. The molecule has 4 N–H and O–H groups in total. The van der Waals surface area contributed by atoms with Crippen molar-refractivity contribution in [3.05, 3.63) is 11.3 Å². The highest BCUT2D eigenvalue weighted by Crippen LogP contribution is 2.34. The second-order valence-corrected chi connectivity index (χ2v) is 5.26. The summed E-state index contributed by atoms with van der Waals surface area (Å²) in [5.41, 5.74) is 8.03. The first-order chi connectivity index (χ1) is 8.66. The number of piperidine rings is 1. The zero-order valence-electron chi connectivity index (χ0n) is 10.7. The molecule has 1 aromatic heterocycles. The van der Waals surface area contributed by atoms with Crippen molar-refractivity contribution in [2.24, 2.45) is 5.73 Å². The van der Waals surface area contributed by atoms with E-state index in [4.69, 9.17) is 11.1 Å². The van der Waals surface area contributed by atoms with E-state index in [0.717, 1.165) is 44.7 Å². The molecular formula is C12H20N6. The molecule has 0 spiro atoms. The van der Waals surface area contributed by atoms with Crippen LogP contribution in [0.2, 0.25) is 0 Å². The van der Waals surface area contributed by atoms with E-state index in [2.05, 4.69) is 22.4 Å². The van der Waals surface area contributed by atoms with Crippen molar-refractivity contribution < 1.29 is 0 Å². The number of rotatable bonds is 1. The Hall–Kier alpha value is -1.56. The molecule has 6 heteroatoms. The summed E-state index contributed by atoms with van der Waals surface area (Å²) in [5, 5.41) is 15.4. The van der Waals surface area contributed by atoms with Crippen LogP contribution >= 0.6 is 0 Å². The maximum Gasteiger partial charge on any atom is 0.215 e. The molecule has 6 nitrogen and oxygen atoms in total. The topological polar surface area (TPSA) is 83.0 Å². The van der Waals surface area contributed by atoms with Gasteiger partial charge in [0.15, 0.2) is 0 Å². The SMILES string of the molecule is CN1CCC(c2nn(C(=N)N)c3c2CCN3)CC1. The number of nitrogens with zero attached hydrogens (tertiary/aromatic N) is 3. The van der Waals surface area contributed by atoms with E-state index in [9.17, 15) is 0 Å². The van der Waals surface area contributed by atoms with Crippen molar-refractivity contribution >= 4 is 11.8 Å². The van der Waals surface area contributed by atoms with Crippen molar-refractivity contribution in [2.45, 2.75) is 25.2 Å². The molecule has 1 saturated heterocycles. The minimum absolute atomic E-state index is 0.000160. The summed E-state index contributed by atoms with van der Waals surface area (Å²) in [6.07, 6.45) is 3.31. The Morgan fingerprint density at radius 3 is 2.83 bits per heavy atom. The Kier molecular flexibility index (Phi) is 2.74. The number of hydrogen-bond acceptors (Lipinski definition) is 4. The molecule has 1 fully saturated rings. The minimum atomic E-state index is -0.000160. The average Bonchev–Trinajstić information content (AvgIpc) is 2.91. The lowest BCUT2D eigenvalue weighted by molar-refractivity contribution is 0.252. The van der Waals surface area contributed by atoms with Gasteiger partial charge in [-0.05, 0) is 39.4 Å². The fourth-order valence-electron chi connectivity index (χ4n) is 2.99. The maximum absolute atomic E-state index is 7.59. The Morgan fingerprint density at radius 1 is 1.44 bits per heavy atom. The Morgan fingerprint density at radius 2 is 2.17 bits per heavy atom. The molecule has 1 aromatic rings. The molecule has 0 saturated carbocycles. The summed E-state index contributed by atoms with van der Waals surface area (Å²) >= 11 is 0. The van der Waals surface area contributed by atoms with Gasteiger partial charge in [-0.3, -0.25) is 5.41 Å². The van der Waals surface area contributed by atoms with Crippen molar-refractivity contribution in [2.75, 3.05) is 32.0 Å². The van der Waals surface area contributed by atoms with Gasteiger partial charge in [-0.2, -0.15) is 9.78 Å². The molecule has 0 aliphatic carbocycles. The maximum atomic E-state index is 7.59. The fourth-order valence-corrected chi connectivity index (χ4v) is 2.99. The first kappa shape index (κ1) is 11.5. The monoisotopic (exact) mass is 248 g/mol. The van der Waals surface area contributed by atoms with E-state index in [1.807, 2.05) is 0 Å². The third kappa shape index (κ3) is 1.77. The van der Waals surface area contributed by atoms with E-state index >= 15 is 0 Å². The lowest BCUT2D eigenvalue weighted by Gasteiger charge is -2.28. The number of hydrogen-bond donors (Lipinski definition) is 3. The summed E-state index contributed by atoms with van der Waals surface area (Å²) in [7, 11) is 2.16. The van der Waals surface area contributed by atoms with Crippen LogP contribution in [0, 0.1) is 5.41 Å². The van der Waals surface area contributed by atoms with Crippen LogP contribution in [0.1, 0.15) is 30.0 Å². The molecule has 0 aromatic carbocycles. The minimum Gasteiger partial charge on any atom is -0.369 e. The van der Waals surface area contributed by atoms with Crippen LogP contribution < -0.4 is 11.1 Å². The highest BCUT2D eigenvalue weighted by Gasteiger charge is 2.29. The van der Waals surface area contributed by atoms with Gasteiger partial charge in [0.05, 0.1) is 5.69 Å². The molecule has 0 unspecified atom stereocenters. The molecule has 0 atom stereocenters. The number of nitrogen functional groups attached to an aromatic ring is 1. The van der Waals surface area contributed by atoms with Crippen LogP contribution in [0.3, 0.4) is 0 Å². The van der Waals surface area contributed by atoms with Crippen LogP contribution in [0.4, 0.5) is 5.82 Å². The summed E-state index contributed by atoms with van der Waals surface area (Å²) in [4.78, 5) is 2.36. The van der Waals surface area contributed by atoms with Crippen molar-refractivity contribution in [1.82, 2.24) is 14.7 Å². The van der Waals surface area contributed by atoms with Crippen LogP contribution in [-0.2, 0) is 6.42 Å². The van der Waals surface area contributed by atoms with Gasteiger partial charge in [0, 0.05) is 18.0 Å². The Balaban J connectivity index is 1.93. The molecule has 0 bridgehead atoms. The third-order valence-corrected chi connectivity index (χ3v) is 4.02. The van der Waals surface area contributed by atoms with Crippen molar-refractivity contribution in [3.63, 3.8) is 0 Å². The lowest BCUT2D eigenvalue weighted by Crippen LogP contribution is -2.30. The summed E-state index contributed by atoms with van der Waals surface area (Å²) in [5.74, 6) is 1.46. The molecular weight excluding hydrogens is 228 g/mol. The van der Waals surface area contributed by atoms with Crippen LogP contribution in [0.25, 0.3) is 0 Å². The molecule has 18 heavy (non-hydrogen) atoms. The standard InChI is InChI=1S/C12H20N6/c1-17-6-3-8(4-7-17)10-9-2-5-15-11(9)18(16-10)12(13)14/h8,15H,2-7H2,1H3,(H3,13,14). The van der Waals surface area contributed by atoms with Crippen LogP contribution in [0.5, 0.6) is 0 Å². The predicted molar refractivity (Wildman–Crippen MR) is 71.2 cm³/mol. The van der Waals surface area contributed by atoms with Crippen molar-refractivity contribution in [3.8, 4) is 0 Å². The smallest absolute Gasteiger partial charge is 0.215 e. The second kappa shape index (κ2) is 4.28. The molecule has 0 radical (unpaired) electrons. The first-order valence-electron chi connectivity index (χ1n) is 6.55.